The van der Waals surface area contributed by atoms with Crippen molar-refractivity contribution in [2.75, 3.05) is 19.6 Å². The Bertz CT molecular complexity index is 1660. The molecule has 3 N–H and O–H groups in total. The summed E-state index contributed by atoms with van der Waals surface area (Å²) in [5, 5.41) is 17.8. The molecule has 0 aliphatic carbocycles. The first-order valence-electron chi connectivity index (χ1n) is 15.3. The van der Waals surface area contributed by atoms with E-state index in [0.29, 0.717) is 29.4 Å². The van der Waals surface area contributed by atoms with E-state index < -0.39 is 12.1 Å². The van der Waals surface area contributed by atoms with Crippen molar-refractivity contribution in [3.05, 3.63) is 86.0 Å². The van der Waals surface area contributed by atoms with Gasteiger partial charge in [-0.25, -0.2) is 9.97 Å². The molecule has 0 saturated carbocycles. The number of hydrogen-bond donors (Lipinski definition) is 3. The van der Waals surface area contributed by atoms with Gasteiger partial charge in [-0.15, -0.1) is 22.7 Å². The minimum atomic E-state index is -0.520. The summed E-state index contributed by atoms with van der Waals surface area (Å²) in [7, 11) is 0. The summed E-state index contributed by atoms with van der Waals surface area (Å²) in [5.74, 6) is -1.24. The maximum Gasteiger partial charge on any atom is 0.271 e. The number of benzene rings is 1. The third-order valence-electron chi connectivity index (χ3n) is 7.69. The summed E-state index contributed by atoms with van der Waals surface area (Å²) in [6.07, 6.45) is 2.75. The molecule has 12 nitrogen and oxygen atoms in total. The van der Waals surface area contributed by atoms with Gasteiger partial charge in [0, 0.05) is 48.7 Å². The maximum absolute atomic E-state index is 13.5. The fraction of sp³-hybridized carbons (Fsp3) is 0.406. The van der Waals surface area contributed by atoms with Gasteiger partial charge in [-0.2, -0.15) is 5.10 Å². The van der Waals surface area contributed by atoms with Gasteiger partial charge in [0.25, 0.3) is 11.8 Å². The minimum absolute atomic E-state index is 0.00377. The molecule has 242 valence electrons. The molecule has 0 spiro atoms. The Balaban J connectivity index is 1.42. The zero-order valence-corrected chi connectivity index (χ0v) is 27.7. The van der Waals surface area contributed by atoms with E-state index in [2.05, 4.69) is 31.0 Å². The van der Waals surface area contributed by atoms with E-state index in [9.17, 15) is 19.2 Å². The summed E-state index contributed by atoms with van der Waals surface area (Å²) in [6.45, 7) is 6.65. The molecule has 4 aromatic rings. The van der Waals surface area contributed by atoms with E-state index >= 15 is 0 Å². The first-order valence-corrected chi connectivity index (χ1v) is 17.0. The topological polar surface area (TPSA) is 151 Å². The van der Waals surface area contributed by atoms with Crippen LogP contribution in [0.25, 0.3) is 0 Å². The average molecular weight is 663 g/mol. The van der Waals surface area contributed by atoms with E-state index in [1.165, 1.54) is 27.6 Å². The van der Waals surface area contributed by atoms with Crippen LogP contribution in [0, 0.1) is 12.8 Å². The molecule has 14 heteroatoms. The molecular formula is C32H38N8O4S2. The summed E-state index contributed by atoms with van der Waals surface area (Å²) < 4.78 is 1.75. The Labute approximate surface area is 275 Å². The van der Waals surface area contributed by atoms with Crippen molar-refractivity contribution in [3.8, 4) is 0 Å². The number of aromatic nitrogens is 4. The first-order chi connectivity index (χ1) is 22.2. The van der Waals surface area contributed by atoms with Crippen molar-refractivity contribution in [1.29, 1.82) is 0 Å². The molecule has 0 saturated heterocycles. The van der Waals surface area contributed by atoms with E-state index in [1.54, 1.807) is 21.6 Å². The van der Waals surface area contributed by atoms with Crippen molar-refractivity contribution in [1.82, 2.24) is 40.6 Å². The summed E-state index contributed by atoms with van der Waals surface area (Å²) in [4.78, 5) is 63.9. The van der Waals surface area contributed by atoms with Gasteiger partial charge in [-0.05, 0) is 37.3 Å². The second-order valence-corrected chi connectivity index (χ2v) is 13.3. The molecule has 4 amide bonds. The lowest BCUT2D eigenvalue weighted by Crippen LogP contribution is -2.43. The first kappa shape index (κ1) is 32.9. The van der Waals surface area contributed by atoms with Gasteiger partial charge in [0.15, 0.2) is 0 Å². The SMILES string of the molecule is Cc1ccnn1CCC(=O)N1CCCNC(=O)c2csc(n2)[C@H](C(C)C)NC(=O)c2csc(n2)[C@H](Cc2ccccc2)NC(=O)C1. The zero-order valence-electron chi connectivity index (χ0n) is 26.1. The Morgan fingerprint density at radius 3 is 2.41 bits per heavy atom. The van der Waals surface area contributed by atoms with Gasteiger partial charge in [-0.1, -0.05) is 44.2 Å². The molecular weight excluding hydrogens is 625 g/mol. The molecule has 0 fully saturated rings. The summed E-state index contributed by atoms with van der Waals surface area (Å²) in [6, 6.07) is 10.7. The Hall–Kier alpha value is -4.43. The van der Waals surface area contributed by atoms with Crippen LogP contribution in [0.15, 0.2) is 53.4 Å². The standard InChI is InChI=1S/C32H38N8O4S2/c1-20(2)28-32-37-24(18-46-32)29(43)33-12-7-14-39(27(42)11-15-40-21(3)10-13-34-40)17-26(41)35-23(16-22-8-5-4-6-9-22)31-36-25(19-45-31)30(44)38-28/h4-6,8-10,13,18-20,23,28H,7,11-12,14-17H2,1-3H3,(H,33,43)(H,35,41)(H,38,44)/t23-,28-/m0/s1. The van der Waals surface area contributed by atoms with E-state index in [1.807, 2.05) is 57.2 Å². The molecule has 1 aliphatic heterocycles. The molecule has 4 heterocycles. The molecule has 5 rings (SSSR count). The van der Waals surface area contributed by atoms with Crippen LogP contribution in [0.5, 0.6) is 0 Å². The molecule has 3 aromatic heterocycles. The van der Waals surface area contributed by atoms with Gasteiger partial charge in [0.1, 0.15) is 21.4 Å². The van der Waals surface area contributed by atoms with Gasteiger partial charge in [0.2, 0.25) is 11.8 Å². The summed E-state index contributed by atoms with van der Waals surface area (Å²) >= 11 is 2.61. The van der Waals surface area contributed by atoms with Crippen LogP contribution in [-0.2, 0) is 22.6 Å². The highest BCUT2D eigenvalue weighted by molar-refractivity contribution is 7.10. The monoisotopic (exact) mass is 662 g/mol. The molecule has 1 aromatic carbocycles. The predicted octanol–water partition coefficient (Wildman–Crippen LogP) is 3.68. The highest BCUT2D eigenvalue weighted by Crippen LogP contribution is 2.27. The molecule has 0 radical (unpaired) electrons. The van der Waals surface area contributed by atoms with Crippen LogP contribution in [0.1, 0.15) is 81.0 Å². The third-order valence-corrected chi connectivity index (χ3v) is 9.57. The molecule has 46 heavy (non-hydrogen) atoms. The number of thiazole rings is 2. The lowest BCUT2D eigenvalue weighted by Gasteiger charge is -2.24. The minimum Gasteiger partial charge on any atom is -0.351 e. The smallest absolute Gasteiger partial charge is 0.271 e. The van der Waals surface area contributed by atoms with Crippen LogP contribution in [0.4, 0.5) is 0 Å². The van der Waals surface area contributed by atoms with Gasteiger partial charge >= 0.3 is 0 Å². The number of rotatable bonds is 6. The number of aryl methyl sites for hydroxylation is 2. The van der Waals surface area contributed by atoms with Crippen molar-refractivity contribution >= 4 is 46.3 Å². The predicted molar refractivity (Wildman–Crippen MR) is 175 cm³/mol. The van der Waals surface area contributed by atoms with E-state index in [-0.39, 0.29) is 67.0 Å². The van der Waals surface area contributed by atoms with Crippen molar-refractivity contribution < 1.29 is 19.2 Å². The average Bonchev–Trinajstić information content (AvgIpc) is 3.81. The Morgan fingerprint density at radius 1 is 0.978 bits per heavy atom. The number of carbonyl (C=O) groups excluding carboxylic acids is 4. The van der Waals surface area contributed by atoms with Crippen molar-refractivity contribution in [2.24, 2.45) is 5.92 Å². The molecule has 1 aliphatic rings. The lowest BCUT2D eigenvalue weighted by atomic mass is 10.0. The number of hydrogen-bond acceptors (Lipinski definition) is 9. The Kier molecular flexibility index (Phi) is 10.9. The summed E-state index contributed by atoms with van der Waals surface area (Å²) in [5.41, 5.74) is 2.43. The van der Waals surface area contributed by atoms with Crippen LogP contribution < -0.4 is 16.0 Å². The van der Waals surface area contributed by atoms with Gasteiger partial charge in [-0.3, -0.25) is 23.9 Å². The highest BCUT2D eigenvalue weighted by atomic mass is 32.1. The van der Waals surface area contributed by atoms with Crippen molar-refractivity contribution in [2.45, 2.75) is 58.7 Å². The fourth-order valence-electron chi connectivity index (χ4n) is 5.13. The number of nitrogens with zero attached hydrogens (tertiary/aromatic N) is 5. The molecule has 4 bridgehead atoms. The van der Waals surface area contributed by atoms with Crippen LogP contribution in [0.2, 0.25) is 0 Å². The van der Waals surface area contributed by atoms with Crippen LogP contribution >= 0.6 is 22.7 Å². The largest absolute Gasteiger partial charge is 0.351 e. The number of nitrogens with one attached hydrogen (secondary N) is 3. The molecule has 2 atom stereocenters. The second kappa shape index (κ2) is 15.2. The zero-order chi connectivity index (χ0) is 32.6. The van der Waals surface area contributed by atoms with E-state index in [4.69, 9.17) is 0 Å². The van der Waals surface area contributed by atoms with Gasteiger partial charge in [0.05, 0.1) is 18.6 Å². The van der Waals surface area contributed by atoms with Gasteiger partial charge < -0.3 is 20.9 Å². The normalized spacial score (nSPS) is 18.3. The number of fused-ring (bicyclic) bond motifs is 4. The van der Waals surface area contributed by atoms with Crippen molar-refractivity contribution in [3.63, 3.8) is 0 Å². The van der Waals surface area contributed by atoms with Crippen LogP contribution in [-0.4, -0.2) is 67.9 Å². The maximum atomic E-state index is 13.5. The number of amides is 4. The lowest BCUT2D eigenvalue weighted by molar-refractivity contribution is -0.136. The molecule has 0 unspecified atom stereocenters. The van der Waals surface area contributed by atoms with Crippen LogP contribution in [0.3, 0.4) is 0 Å². The highest BCUT2D eigenvalue weighted by Gasteiger charge is 2.27. The number of carbonyl (C=O) groups is 4. The fourth-order valence-corrected chi connectivity index (χ4v) is 7.00. The quantitative estimate of drug-likeness (QED) is 0.285. The third kappa shape index (κ3) is 8.43. The Morgan fingerprint density at radius 2 is 1.70 bits per heavy atom. The van der Waals surface area contributed by atoms with E-state index in [0.717, 1.165) is 11.3 Å². The second-order valence-electron chi connectivity index (χ2n) is 11.5.